The Kier molecular flexibility index (Phi) is 6.88. The van der Waals surface area contributed by atoms with Crippen LogP contribution in [0.3, 0.4) is 0 Å². The molecule has 0 fully saturated rings. The molecule has 0 radical (unpaired) electrons. The Labute approximate surface area is 139 Å². The van der Waals surface area contributed by atoms with Gasteiger partial charge in [0.1, 0.15) is 0 Å². The molecule has 3 N–H and O–H groups in total. The molecule has 0 aliphatic carbocycles. The second kappa shape index (κ2) is 8.41. The van der Waals surface area contributed by atoms with Crippen LogP contribution >= 0.6 is 0 Å². The summed E-state index contributed by atoms with van der Waals surface area (Å²) < 4.78 is 0. The van der Waals surface area contributed by atoms with Crippen molar-refractivity contribution in [1.82, 2.24) is 16.0 Å². The Morgan fingerprint density at radius 2 is 1.91 bits per heavy atom. The lowest BCUT2D eigenvalue weighted by molar-refractivity contribution is -0.121. The van der Waals surface area contributed by atoms with Crippen molar-refractivity contribution >= 4 is 17.6 Å². The molecule has 1 rings (SSSR count). The van der Waals surface area contributed by atoms with Gasteiger partial charge in [-0.2, -0.15) is 0 Å². The summed E-state index contributed by atoms with van der Waals surface area (Å²) in [5.41, 5.74) is 2.07. The Morgan fingerprint density at radius 1 is 1.22 bits per heavy atom. The largest absolute Gasteiger partial charge is 0.378 e. The zero-order valence-corrected chi connectivity index (χ0v) is 15.0. The number of rotatable bonds is 5. The highest BCUT2D eigenvalue weighted by Crippen LogP contribution is 2.12. The van der Waals surface area contributed by atoms with Gasteiger partial charge in [-0.25, -0.2) is 0 Å². The molecule has 128 valence electrons. The predicted octanol–water partition coefficient (Wildman–Crippen LogP) is 1.33. The van der Waals surface area contributed by atoms with Crippen molar-refractivity contribution in [2.45, 2.75) is 32.9 Å². The fourth-order valence-corrected chi connectivity index (χ4v) is 1.98. The number of benzene rings is 1. The fraction of sp³-hybridized carbons (Fsp3) is 0.529. The van der Waals surface area contributed by atoms with Gasteiger partial charge in [0, 0.05) is 38.9 Å². The molecule has 0 aromatic heterocycles. The number of aliphatic imine (C=N–C) groups is 1. The number of guanidine groups is 1. The lowest BCUT2D eigenvalue weighted by atomic mass is 10.1. The van der Waals surface area contributed by atoms with Crippen LogP contribution in [0.25, 0.3) is 0 Å². The van der Waals surface area contributed by atoms with Crippen molar-refractivity contribution in [1.29, 1.82) is 0 Å². The van der Waals surface area contributed by atoms with Gasteiger partial charge in [0.05, 0.1) is 6.54 Å². The summed E-state index contributed by atoms with van der Waals surface area (Å²) in [5.74, 6) is 0.541. The first-order chi connectivity index (χ1) is 10.7. The summed E-state index contributed by atoms with van der Waals surface area (Å²) in [6.45, 7) is 6.69. The van der Waals surface area contributed by atoms with Crippen molar-refractivity contribution in [3.05, 3.63) is 29.8 Å². The number of carbonyl (C=O) groups excluding carboxylic acids is 1. The lowest BCUT2D eigenvalue weighted by Gasteiger charge is -2.21. The van der Waals surface area contributed by atoms with Crippen molar-refractivity contribution in [2.75, 3.05) is 32.6 Å². The molecule has 6 heteroatoms. The van der Waals surface area contributed by atoms with Crippen molar-refractivity contribution in [3.8, 4) is 0 Å². The topological polar surface area (TPSA) is 68.8 Å². The van der Waals surface area contributed by atoms with E-state index in [0.717, 1.165) is 11.3 Å². The highest BCUT2D eigenvalue weighted by Gasteiger charge is 2.13. The number of hydrogen-bond acceptors (Lipinski definition) is 3. The maximum absolute atomic E-state index is 11.8. The van der Waals surface area contributed by atoms with Gasteiger partial charge in [0.15, 0.2) is 5.96 Å². The highest BCUT2D eigenvalue weighted by atomic mass is 16.2. The normalized spacial score (nSPS) is 11.8. The Bertz CT molecular complexity index is 546. The third kappa shape index (κ3) is 7.54. The monoisotopic (exact) mass is 319 g/mol. The third-order valence-electron chi connectivity index (χ3n) is 3.04. The van der Waals surface area contributed by atoms with Crippen LogP contribution in [0.4, 0.5) is 5.69 Å². The minimum atomic E-state index is -0.234. The van der Waals surface area contributed by atoms with Crippen LogP contribution in [0.1, 0.15) is 26.3 Å². The van der Waals surface area contributed by atoms with Gasteiger partial charge in [0.25, 0.3) is 0 Å². The molecule has 0 aliphatic heterocycles. The summed E-state index contributed by atoms with van der Waals surface area (Å²) in [4.78, 5) is 18.0. The standard InChI is InChI=1S/C17H29N5O/c1-17(2,3)21-15(23)12-20-16(18-4)19-11-13-8-7-9-14(10-13)22(5)6/h7-10H,11-12H2,1-6H3,(H,21,23)(H2,18,19,20). The quantitative estimate of drug-likeness (QED) is 0.566. The van der Waals surface area contributed by atoms with E-state index in [2.05, 4.69) is 44.0 Å². The number of carbonyl (C=O) groups is 1. The van der Waals surface area contributed by atoms with E-state index in [4.69, 9.17) is 0 Å². The Balaban J connectivity index is 2.49. The zero-order chi connectivity index (χ0) is 17.5. The highest BCUT2D eigenvalue weighted by molar-refractivity contribution is 5.86. The molecule has 23 heavy (non-hydrogen) atoms. The fourth-order valence-electron chi connectivity index (χ4n) is 1.98. The summed E-state index contributed by atoms with van der Waals surface area (Å²) >= 11 is 0. The summed E-state index contributed by atoms with van der Waals surface area (Å²) in [6, 6.07) is 8.26. The molecule has 1 aromatic carbocycles. The molecule has 0 atom stereocenters. The van der Waals surface area contributed by atoms with Crippen LogP contribution in [-0.4, -0.2) is 45.1 Å². The average Bonchev–Trinajstić information content (AvgIpc) is 2.46. The number of nitrogens with one attached hydrogen (secondary N) is 3. The van der Waals surface area contributed by atoms with Crippen molar-refractivity contribution in [2.24, 2.45) is 4.99 Å². The number of anilines is 1. The molecular weight excluding hydrogens is 290 g/mol. The van der Waals surface area contributed by atoms with Crippen molar-refractivity contribution in [3.63, 3.8) is 0 Å². The maximum atomic E-state index is 11.8. The molecule has 0 saturated carbocycles. The minimum Gasteiger partial charge on any atom is -0.378 e. The molecule has 1 aromatic rings. The van der Waals surface area contributed by atoms with E-state index in [-0.39, 0.29) is 18.0 Å². The second-order valence-electron chi connectivity index (χ2n) is 6.64. The molecule has 0 heterocycles. The number of nitrogens with zero attached hydrogens (tertiary/aromatic N) is 2. The predicted molar refractivity (Wildman–Crippen MR) is 96.9 cm³/mol. The van der Waals surface area contributed by atoms with E-state index < -0.39 is 0 Å². The van der Waals surface area contributed by atoms with Gasteiger partial charge in [-0.05, 0) is 38.5 Å². The molecule has 6 nitrogen and oxygen atoms in total. The van der Waals surface area contributed by atoms with Crippen LogP contribution in [0.2, 0.25) is 0 Å². The molecule has 0 spiro atoms. The summed E-state index contributed by atoms with van der Waals surface area (Å²) in [6.07, 6.45) is 0. The SMILES string of the molecule is CN=C(NCC(=O)NC(C)(C)C)NCc1cccc(N(C)C)c1. The molecule has 0 saturated heterocycles. The molecule has 1 amide bonds. The average molecular weight is 319 g/mol. The first kappa shape index (κ1) is 18.8. The molecule has 0 unspecified atom stereocenters. The summed E-state index contributed by atoms with van der Waals surface area (Å²) in [5, 5.41) is 9.13. The maximum Gasteiger partial charge on any atom is 0.239 e. The van der Waals surface area contributed by atoms with E-state index in [1.165, 1.54) is 0 Å². The van der Waals surface area contributed by atoms with E-state index >= 15 is 0 Å². The third-order valence-corrected chi connectivity index (χ3v) is 3.04. The van der Waals surface area contributed by atoms with Gasteiger partial charge in [0.2, 0.25) is 5.91 Å². The van der Waals surface area contributed by atoms with Gasteiger partial charge >= 0.3 is 0 Å². The lowest BCUT2D eigenvalue weighted by Crippen LogP contribution is -2.48. The van der Waals surface area contributed by atoms with Gasteiger partial charge < -0.3 is 20.9 Å². The smallest absolute Gasteiger partial charge is 0.239 e. The van der Waals surface area contributed by atoms with Crippen molar-refractivity contribution < 1.29 is 4.79 Å². The van der Waals surface area contributed by atoms with Crippen LogP contribution in [0, 0.1) is 0 Å². The number of amides is 1. The molecule has 0 aliphatic rings. The Morgan fingerprint density at radius 3 is 2.48 bits per heavy atom. The van der Waals surface area contributed by atoms with E-state index in [9.17, 15) is 4.79 Å². The molecular formula is C17H29N5O. The van der Waals surface area contributed by atoms with Crippen LogP contribution in [-0.2, 0) is 11.3 Å². The molecule has 0 bridgehead atoms. The minimum absolute atomic E-state index is 0.0601. The van der Waals surface area contributed by atoms with Gasteiger partial charge in [-0.15, -0.1) is 0 Å². The van der Waals surface area contributed by atoms with E-state index in [1.54, 1.807) is 7.05 Å². The zero-order valence-electron chi connectivity index (χ0n) is 15.0. The summed E-state index contributed by atoms with van der Waals surface area (Å²) in [7, 11) is 5.72. The van der Waals surface area contributed by atoms with Crippen LogP contribution in [0.5, 0.6) is 0 Å². The first-order valence-corrected chi connectivity index (χ1v) is 7.73. The Hall–Kier alpha value is -2.24. The van der Waals surface area contributed by atoms with E-state index in [0.29, 0.717) is 12.5 Å². The van der Waals surface area contributed by atoms with Crippen LogP contribution in [0.15, 0.2) is 29.3 Å². The van der Waals surface area contributed by atoms with E-state index in [1.807, 2.05) is 40.9 Å². The van der Waals surface area contributed by atoms with Gasteiger partial charge in [-0.3, -0.25) is 9.79 Å². The van der Waals surface area contributed by atoms with Crippen LogP contribution < -0.4 is 20.9 Å². The van der Waals surface area contributed by atoms with Gasteiger partial charge in [-0.1, -0.05) is 12.1 Å². The second-order valence-corrected chi connectivity index (χ2v) is 6.64. The number of hydrogen-bond donors (Lipinski definition) is 3. The first-order valence-electron chi connectivity index (χ1n) is 7.73.